The number of furan rings is 1. The molecular weight excluding hydrogens is 348 g/mol. The molecule has 2 aromatic heterocycles. The summed E-state index contributed by atoms with van der Waals surface area (Å²) in [5.74, 6) is 0.729. The molecule has 0 aliphatic heterocycles. The largest absolute Gasteiger partial charge is 0.439 e. The number of nitro groups is 1. The van der Waals surface area contributed by atoms with Crippen LogP contribution in [0.4, 0.5) is 17.3 Å². The van der Waals surface area contributed by atoms with E-state index in [-0.39, 0.29) is 11.1 Å². The van der Waals surface area contributed by atoms with Gasteiger partial charge in [-0.15, -0.1) is 0 Å². The first-order valence-electron chi connectivity index (χ1n) is 8.17. The minimum absolute atomic E-state index is 0.0796. The maximum atomic E-state index is 12.5. The van der Waals surface area contributed by atoms with Gasteiger partial charge in [0.1, 0.15) is 16.7 Å². The zero-order valence-corrected chi connectivity index (χ0v) is 14.3. The Morgan fingerprint density at radius 1 is 1.00 bits per heavy atom. The lowest BCUT2D eigenvalue weighted by Crippen LogP contribution is -2.00. The van der Waals surface area contributed by atoms with Gasteiger partial charge in [-0.2, -0.15) is 0 Å². The Morgan fingerprint density at radius 2 is 1.78 bits per heavy atom. The Balaban J connectivity index is 1.99. The van der Waals surface area contributed by atoms with Gasteiger partial charge >= 0.3 is 5.63 Å². The van der Waals surface area contributed by atoms with E-state index in [0.717, 1.165) is 5.69 Å². The maximum Gasteiger partial charge on any atom is 0.347 e. The molecule has 4 aromatic rings. The fourth-order valence-corrected chi connectivity index (χ4v) is 2.96. The number of rotatable bonds is 4. The number of para-hydroxylation sites is 1. The highest BCUT2D eigenvalue weighted by Gasteiger charge is 2.22. The average Bonchev–Trinajstić information content (AvgIpc) is 3.00. The van der Waals surface area contributed by atoms with Gasteiger partial charge in [0.2, 0.25) is 5.88 Å². The van der Waals surface area contributed by atoms with Gasteiger partial charge in [-0.05, 0) is 24.6 Å². The molecule has 0 radical (unpaired) electrons. The first-order valence-corrected chi connectivity index (χ1v) is 8.17. The minimum Gasteiger partial charge on any atom is -0.439 e. The molecule has 7 nitrogen and oxygen atoms in total. The van der Waals surface area contributed by atoms with Gasteiger partial charge in [0, 0.05) is 23.9 Å². The van der Waals surface area contributed by atoms with Crippen LogP contribution in [-0.2, 0) is 0 Å². The lowest BCUT2D eigenvalue weighted by molar-refractivity contribution is -0.384. The standard InChI is InChI=1S/C20H14N2O5/c1-12-10-16-18(20(23)26-12)17(13-6-5-9-15(11-13)22(24)25)19(27-16)21-14-7-3-2-4-8-14/h2-11,21H,1H3. The second-order valence-corrected chi connectivity index (χ2v) is 5.99. The lowest BCUT2D eigenvalue weighted by Gasteiger charge is -2.06. The second kappa shape index (κ2) is 6.45. The van der Waals surface area contributed by atoms with E-state index in [1.807, 2.05) is 30.3 Å². The number of benzene rings is 2. The quantitative estimate of drug-likeness (QED) is 0.404. The number of hydrogen-bond donors (Lipinski definition) is 1. The molecule has 0 amide bonds. The molecule has 27 heavy (non-hydrogen) atoms. The van der Waals surface area contributed by atoms with Crippen LogP contribution in [0.25, 0.3) is 22.1 Å². The number of non-ortho nitro benzene ring substituents is 1. The molecule has 0 saturated carbocycles. The fraction of sp³-hybridized carbons (Fsp3) is 0.0500. The van der Waals surface area contributed by atoms with Crippen molar-refractivity contribution in [2.45, 2.75) is 6.92 Å². The third-order valence-electron chi connectivity index (χ3n) is 4.10. The summed E-state index contributed by atoms with van der Waals surface area (Å²) in [6.45, 7) is 1.65. The van der Waals surface area contributed by atoms with Crippen molar-refractivity contribution in [3.05, 3.63) is 87.0 Å². The van der Waals surface area contributed by atoms with Gasteiger partial charge < -0.3 is 14.2 Å². The monoisotopic (exact) mass is 362 g/mol. The van der Waals surface area contributed by atoms with Gasteiger partial charge in [-0.3, -0.25) is 10.1 Å². The van der Waals surface area contributed by atoms with Crippen molar-refractivity contribution in [2.24, 2.45) is 0 Å². The minimum atomic E-state index is -0.559. The summed E-state index contributed by atoms with van der Waals surface area (Å²) in [5, 5.41) is 14.5. The van der Waals surface area contributed by atoms with E-state index in [2.05, 4.69) is 5.32 Å². The predicted molar refractivity (Wildman–Crippen MR) is 101 cm³/mol. The number of nitrogens with zero attached hydrogens (tertiary/aromatic N) is 1. The third kappa shape index (κ3) is 3.06. The van der Waals surface area contributed by atoms with Crippen LogP contribution in [0.1, 0.15) is 5.76 Å². The summed E-state index contributed by atoms with van der Waals surface area (Å²) in [7, 11) is 0. The molecule has 134 valence electrons. The van der Waals surface area contributed by atoms with Gasteiger partial charge in [0.05, 0.1) is 10.5 Å². The van der Waals surface area contributed by atoms with Crippen LogP contribution in [0.5, 0.6) is 0 Å². The van der Waals surface area contributed by atoms with Crippen LogP contribution in [0, 0.1) is 17.0 Å². The summed E-state index contributed by atoms with van der Waals surface area (Å²) < 4.78 is 11.1. The van der Waals surface area contributed by atoms with Gasteiger partial charge in [0.25, 0.3) is 5.69 Å². The molecule has 0 aliphatic carbocycles. The Bertz CT molecular complexity index is 1210. The Morgan fingerprint density at radius 3 is 2.52 bits per heavy atom. The molecule has 2 heterocycles. The van der Waals surface area contributed by atoms with Crippen molar-refractivity contribution in [3.8, 4) is 11.1 Å². The van der Waals surface area contributed by atoms with Crippen molar-refractivity contribution in [1.82, 2.24) is 0 Å². The summed E-state index contributed by atoms with van der Waals surface area (Å²) in [5.41, 5.74) is 1.37. The number of anilines is 2. The van der Waals surface area contributed by atoms with E-state index in [0.29, 0.717) is 28.4 Å². The topological polar surface area (TPSA) is 98.5 Å². The second-order valence-electron chi connectivity index (χ2n) is 5.99. The number of fused-ring (bicyclic) bond motifs is 1. The maximum absolute atomic E-state index is 12.5. The van der Waals surface area contributed by atoms with Crippen LogP contribution in [0.3, 0.4) is 0 Å². The van der Waals surface area contributed by atoms with E-state index in [4.69, 9.17) is 8.83 Å². The molecule has 2 aromatic carbocycles. The molecule has 0 fully saturated rings. The van der Waals surface area contributed by atoms with Crippen LogP contribution in [-0.4, -0.2) is 4.92 Å². The van der Waals surface area contributed by atoms with Crippen LogP contribution in [0.15, 0.2) is 74.3 Å². The molecule has 0 saturated heterocycles. The molecule has 1 N–H and O–H groups in total. The molecular formula is C20H14N2O5. The Labute approximate surface area is 153 Å². The van der Waals surface area contributed by atoms with Crippen molar-refractivity contribution < 1.29 is 13.8 Å². The molecule has 4 rings (SSSR count). The Kier molecular flexibility index (Phi) is 3.97. The Hall–Kier alpha value is -3.87. The molecule has 0 bridgehead atoms. The van der Waals surface area contributed by atoms with E-state index in [1.54, 1.807) is 25.1 Å². The summed E-state index contributed by atoms with van der Waals surface area (Å²) in [4.78, 5) is 23.2. The van der Waals surface area contributed by atoms with E-state index in [9.17, 15) is 14.9 Å². The molecule has 0 unspecified atom stereocenters. The van der Waals surface area contributed by atoms with Crippen molar-refractivity contribution in [3.63, 3.8) is 0 Å². The van der Waals surface area contributed by atoms with Gasteiger partial charge in [-0.25, -0.2) is 4.79 Å². The first kappa shape index (κ1) is 16.6. The molecule has 0 atom stereocenters. The number of nitro benzene ring substituents is 1. The summed E-state index contributed by atoms with van der Waals surface area (Å²) in [6, 6.07) is 16.9. The summed E-state index contributed by atoms with van der Waals surface area (Å²) >= 11 is 0. The highest BCUT2D eigenvalue weighted by Crippen LogP contribution is 2.39. The van der Waals surface area contributed by atoms with Gasteiger partial charge in [-0.1, -0.05) is 30.3 Å². The van der Waals surface area contributed by atoms with Crippen LogP contribution < -0.4 is 10.9 Å². The normalized spacial score (nSPS) is 10.9. The average molecular weight is 362 g/mol. The predicted octanol–water partition coefficient (Wildman–Crippen LogP) is 5.01. The lowest BCUT2D eigenvalue weighted by atomic mass is 10.0. The number of aryl methyl sites for hydroxylation is 1. The van der Waals surface area contributed by atoms with Crippen LogP contribution in [0.2, 0.25) is 0 Å². The van der Waals surface area contributed by atoms with Crippen molar-refractivity contribution in [2.75, 3.05) is 5.32 Å². The molecule has 0 spiro atoms. The van der Waals surface area contributed by atoms with E-state index < -0.39 is 10.5 Å². The molecule has 7 heteroatoms. The highest BCUT2D eigenvalue weighted by molar-refractivity contribution is 6.00. The summed E-state index contributed by atoms with van der Waals surface area (Å²) in [6.07, 6.45) is 0. The zero-order chi connectivity index (χ0) is 19.0. The van der Waals surface area contributed by atoms with E-state index >= 15 is 0 Å². The van der Waals surface area contributed by atoms with Gasteiger partial charge in [0.15, 0.2) is 0 Å². The van der Waals surface area contributed by atoms with E-state index in [1.165, 1.54) is 12.1 Å². The molecule has 0 aliphatic rings. The third-order valence-corrected chi connectivity index (χ3v) is 4.10. The van der Waals surface area contributed by atoms with Crippen molar-refractivity contribution >= 4 is 28.2 Å². The number of nitrogens with one attached hydrogen (secondary N) is 1. The number of hydrogen-bond acceptors (Lipinski definition) is 6. The SMILES string of the molecule is Cc1cc2oc(Nc3ccccc3)c(-c3cccc([N+](=O)[O-])c3)c2c(=O)o1. The fourth-order valence-electron chi connectivity index (χ4n) is 2.96. The van der Waals surface area contributed by atoms with Crippen molar-refractivity contribution in [1.29, 1.82) is 0 Å². The van der Waals surface area contributed by atoms with Crippen LogP contribution >= 0.6 is 0 Å². The highest BCUT2D eigenvalue weighted by atomic mass is 16.6. The first-order chi connectivity index (χ1) is 13.0. The smallest absolute Gasteiger partial charge is 0.347 e. The zero-order valence-electron chi connectivity index (χ0n) is 14.3.